The fourth-order valence-electron chi connectivity index (χ4n) is 2.86. The Morgan fingerprint density at radius 3 is 2.78 bits per heavy atom. The van der Waals surface area contributed by atoms with Crippen molar-refractivity contribution in [3.8, 4) is 0 Å². The maximum atomic E-state index is 12.6. The van der Waals surface area contributed by atoms with Crippen molar-refractivity contribution in [3.05, 3.63) is 92.9 Å². The molecule has 1 amide bonds. The van der Waals surface area contributed by atoms with Gasteiger partial charge in [-0.25, -0.2) is 0 Å². The number of benzene rings is 1. The van der Waals surface area contributed by atoms with Gasteiger partial charge in [0.25, 0.3) is 5.91 Å². The van der Waals surface area contributed by atoms with Gasteiger partial charge >= 0.3 is 0 Å². The van der Waals surface area contributed by atoms with Gasteiger partial charge in [0.15, 0.2) is 11.2 Å². The summed E-state index contributed by atoms with van der Waals surface area (Å²) in [6, 6.07) is 13.1. The molecule has 0 fully saturated rings. The van der Waals surface area contributed by atoms with Crippen molar-refractivity contribution < 1.29 is 18.7 Å². The van der Waals surface area contributed by atoms with Crippen molar-refractivity contribution in [2.75, 3.05) is 6.54 Å². The third-order valence-corrected chi connectivity index (χ3v) is 5.31. The Balaban J connectivity index is 1.62. The van der Waals surface area contributed by atoms with E-state index in [0.717, 1.165) is 6.07 Å². The lowest BCUT2D eigenvalue weighted by molar-refractivity contribution is 0.0700. The largest absolute Gasteiger partial charge is 0.472 e. The number of nitrogens with one attached hydrogen (secondary N) is 1. The molecule has 1 aromatic carbocycles. The summed E-state index contributed by atoms with van der Waals surface area (Å²) in [7, 11) is 0. The lowest BCUT2D eigenvalue weighted by Gasteiger charge is -2.26. The molecule has 7 heteroatoms. The van der Waals surface area contributed by atoms with Crippen LogP contribution in [0.2, 0.25) is 0 Å². The smallest absolute Gasteiger partial charge is 0.287 e. The first-order valence-electron chi connectivity index (χ1n) is 8.18. The number of thiophene rings is 1. The molecule has 0 saturated heterocycles. The van der Waals surface area contributed by atoms with Crippen LogP contribution in [0.5, 0.6) is 0 Å². The summed E-state index contributed by atoms with van der Waals surface area (Å²) in [5.41, 5.74) is -0.900. The average Bonchev–Trinajstić information content (AvgIpc) is 3.40. The SMILES string of the molecule is O=C(NCC(O)(c1ccoc1)c1cccs1)c1cc(=O)c2ccccc2o1. The van der Waals surface area contributed by atoms with Gasteiger partial charge in [-0.3, -0.25) is 9.59 Å². The maximum absolute atomic E-state index is 12.6. The molecule has 1 atom stereocenters. The highest BCUT2D eigenvalue weighted by molar-refractivity contribution is 7.10. The van der Waals surface area contributed by atoms with Gasteiger partial charge in [-0.15, -0.1) is 11.3 Å². The van der Waals surface area contributed by atoms with Crippen LogP contribution in [0.15, 0.2) is 80.1 Å². The molecule has 0 spiro atoms. The minimum absolute atomic E-state index is 0.109. The molecule has 136 valence electrons. The number of aliphatic hydroxyl groups is 1. The molecule has 0 saturated carbocycles. The highest BCUT2D eigenvalue weighted by Crippen LogP contribution is 2.32. The highest BCUT2D eigenvalue weighted by atomic mass is 32.1. The molecule has 0 aliphatic rings. The lowest BCUT2D eigenvalue weighted by Crippen LogP contribution is -2.41. The van der Waals surface area contributed by atoms with Crippen molar-refractivity contribution in [3.63, 3.8) is 0 Å². The van der Waals surface area contributed by atoms with Crippen molar-refractivity contribution in [2.45, 2.75) is 5.60 Å². The second-order valence-electron chi connectivity index (χ2n) is 6.00. The summed E-state index contributed by atoms with van der Waals surface area (Å²) in [4.78, 5) is 25.4. The third kappa shape index (κ3) is 3.18. The number of furan rings is 1. The van der Waals surface area contributed by atoms with E-state index in [0.29, 0.717) is 21.4 Å². The molecule has 4 aromatic rings. The number of hydrogen-bond acceptors (Lipinski definition) is 6. The zero-order chi connectivity index (χ0) is 18.9. The molecule has 0 radical (unpaired) electrons. The van der Waals surface area contributed by atoms with Crippen LogP contribution in [0.3, 0.4) is 0 Å². The van der Waals surface area contributed by atoms with Crippen LogP contribution >= 0.6 is 11.3 Å². The van der Waals surface area contributed by atoms with E-state index in [-0.39, 0.29) is 17.7 Å². The molecule has 3 heterocycles. The number of hydrogen-bond donors (Lipinski definition) is 2. The van der Waals surface area contributed by atoms with Crippen LogP contribution in [-0.4, -0.2) is 17.6 Å². The van der Waals surface area contributed by atoms with E-state index in [1.807, 2.05) is 11.4 Å². The van der Waals surface area contributed by atoms with Gasteiger partial charge in [0.2, 0.25) is 0 Å². The molecule has 27 heavy (non-hydrogen) atoms. The Labute approximate surface area is 157 Å². The first kappa shape index (κ1) is 17.3. The van der Waals surface area contributed by atoms with Crippen LogP contribution in [0.25, 0.3) is 11.0 Å². The molecule has 0 aliphatic heterocycles. The van der Waals surface area contributed by atoms with E-state index in [9.17, 15) is 14.7 Å². The average molecular weight is 381 g/mol. The number of amides is 1. The van der Waals surface area contributed by atoms with Gasteiger partial charge in [0.05, 0.1) is 24.5 Å². The predicted octanol–water partition coefficient (Wildman–Crippen LogP) is 3.11. The number of rotatable bonds is 5. The Hall–Kier alpha value is -3.16. The quantitative estimate of drug-likeness (QED) is 0.554. The van der Waals surface area contributed by atoms with Crippen LogP contribution in [0.4, 0.5) is 0 Å². The molecular weight excluding hydrogens is 366 g/mol. The molecule has 2 N–H and O–H groups in total. The Morgan fingerprint density at radius 1 is 1.19 bits per heavy atom. The normalized spacial score (nSPS) is 13.4. The minimum atomic E-state index is -1.45. The number of carbonyl (C=O) groups is 1. The van der Waals surface area contributed by atoms with Gasteiger partial charge in [0, 0.05) is 16.5 Å². The molecular formula is C20H15NO5S. The van der Waals surface area contributed by atoms with Gasteiger partial charge in [0.1, 0.15) is 11.2 Å². The van der Waals surface area contributed by atoms with E-state index in [2.05, 4.69) is 5.32 Å². The molecule has 4 rings (SSSR count). The summed E-state index contributed by atoms with van der Waals surface area (Å²) < 4.78 is 10.6. The molecule has 0 aliphatic carbocycles. The first-order chi connectivity index (χ1) is 13.1. The summed E-state index contributed by atoms with van der Waals surface area (Å²) in [6.07, 6.45) is 2.89. The standard InChI is InChI=1S/C20H15NO5S/c22-15-10-17(26-16-5-2-1-4-14(15)16)19(23)21-12-20(24,13-7-8-25-11-13)18-6-3-9-27-18/h1-11,24H,12H2,(H,21,23). The fourth-order valence-corrected chi connectivity index (χ4v) is 3.70. The number of fused-ring (bicyclic) bond motifs is 1. The maximum Gasteiger partial charge on any atom is 0.287 e. The van der Waals surface area contributed by atoms with Gasteiger partial charge in [-0.05, 0) is 29.6 Å². The Morgan fingerprint density at radius 2 is 2.04 bits per heavy atom. The molecule has 6 nitrogen and oxygen atoms in total. The molecule has 0 bridgehead atoms. The number of carbonyl (C=O) groups excluding carboxylic acids is 1. The van der Waals surface area contributed by atoms with Crippen LogP contribution < -0.4 is 10.7 Å². The Kier molecular flexibility index (Phi) is 4.39. The van der Waals surface area contributed by atoms with E-state index in [1.54, 1.807) is 36.4 Å². The number of para-hydroxylation sites is 1. The highest BCUT2D eigenvalue weighted by Gasteiger charge is 2.34. The molecule has 3 aromatic heterocycles. The summed E-state index contributed by atoms with van der Waals surface area (Å²) in [5, 5.41) is 16.1. The topological polar surface area (TPSA) is 92.7 Å². The van der Waals surface area contributed by atoms with Gasteiger partial charge in [-0.2, -0.15) is 0 Å². The monoisotopic (exact) mass is 381 g/mol. The van der Waals surface area contributed by atoms with E-state index < -0.39 is 11.5 Å². The third-order valence-electron chi connectivity index (χ3n) is 4.29. The van der Waals surface area contributed by atoms with Crippen molar-refractivity contribution in [1.29, 1.82) is 0 Å². The van der Waals surface area contributed by atoms with Crippen LogP contribution in [-0.2, 0) is 5.60 Å². The van der Waals surface area contributed by atoms with Gasteiger partial charge in [-0.1, -0.05) is 18.2 Å². The fraction of sp³-hybridized carbons (Fsp3) is 0.100. The lowest BCUT2D eigenvalue weighted by atomic mass is 9.94. The summed E-state index contributed by atoms with van der Waals surface area (Å²) in [6.45, 7) is -0.109. The minimum Gasteiger partial charge on any atom is -0.472 e. The zero-order valence-electron chi connectivity index (χ0n) is 14.0. The van der Waals surface area contributed by atoms with Gasteiger partial charge < -0.3 is 19.3 Å². The second kappa shape index (κ2) is 6.86. The summed E-state index contributed by atoms with van der Waals surface area (Å²) in [5.74, 6) is -0.698. The zero-order valence-corrected chi connectivity index (χ0v) is 14.9. The van der Waals surface area contributed by atoms with E-state index >= 15 is 0 Å². The first-order valence-corrected chi connectivity index (χ1v) is 9.06. The van der Waals surface area contributed by atoms with E-state index in [4.69, 9.17) is 8.83 Å². The molecule has 1 unspecified atom stereocenters. The van der Waals surface area contributed by atoms with E-state index in [1.165, 1.54) is 23.9 Å². The van der Waals surface area contributed by atoms with Crippen molar-refractivity contribution in [1.82, 2.24) is 5.32 Å². The van der Waals surface area contributed by atoms with Crippen LogP contribution in [0, 0.1) is 0 Å². The van der Waals surface area contributed by atoms with Crippen LogP contribution in [0.1, 0.15) is 21.0 Å². The predicted molar refractivity (Wildman–Crippen MR) is 101 cm³/mol. The Bertz CT molecular complexity index is 1090. The second-order valence-corrected chi connectivity index (χ2v) is 6.95. The summed E-state index contributed by atoms with van der Waals surface area (Å²) >= 11 is 1.36. The van der Waals surface area contributed by atoms with Crippen molar-refractivity contribution in [2.24, 2.45) is 0 Å². The van der Waals surface area contributed by atoms with Crippen molar-refractivity contribution >= 4 is 28.2 Å².